The molecule has 0 spiro atoms. The van der Waals surface area contributed by atoms with Gasteiger partial charge in [0.15, 0.2) is 0 Å². The van der Waals surface area contributed by atoms with Gasteiger partial charge in [-0.2, -0.15) is 16.6 Å². The van der Waals surface area contributed by atoms with E-state index in [2.05, 4.69) is 10.6 Å². The van der Waals surface area contributed by atoms with E-state index in [1.54, 1.807) is 11.4 Å². The fourth-order valence-corrected chi connectivity index (χ4v) is 3.51. The third kappa shape index (κ3) is 4.85. The summed E-state index contributed by atoms with van der Waals surface area (Å²) in [6.07, 6.45) is 6.49. The lowest BCUT2D eigenvalue weighted by atomic mass is 9.84. The first-order valence-electron chi connectivity index (χ1n) is 7.68. The van der Waals surface area contributed by atoms with Crippen molar-refractivity contribution in [2.75, 3.05) is 6.54 Å². The van der Waals surface area contributed by atoms with Gasteiger partial charge in [-0.3, -0.25) is 9.59 Å². The van der Waals surface area contributed by atoms with E-state index in [0.717, 1.165) is 12.8 Å². The van der Waals surface area contributed by atoms with Crippen molar-refractivity contribution in [2.45, 2.75) is 44.6 Å². The molecule has 1 aromatic heterocycles. The number of carbonyl (C=O) groups excluding carboxylic acids is 2. The van der Waals surface area contributed by atoms with E-state index in [1.807, 2.05) is 11.4 Å². The van der Waals surface area contributed by atoms with Gasteiger partial charge >= 0.3 is 0 Å². The van der Waals surface area contributed by atoms with Crippen LogP contribution in [0.4, 0.5) is 0 Å². The molecule has 5 nitrogen and oxygen atoms in total. The zero-order chi connectivity index (χ0) is 15.8. The van der Waals surface area contributed by atoms with Crippen molar-refractivity contribution < 1.29 is 9.59 Å². The normalized spacial score (nSPS) is 16.5. The maximum Gasteiger partial charge on any atom is 0.252 e. The Morgan fingerprint density at radius 2 is 2.14 bits per heavy atom. The van der Waals surface area contributed by atoms with Crippen LogP contribution in [0.5, 0.6) is 0 Å². The second kappa shape index (κ2) is 8.54. The van der Waals surface area contributed by atoms with Crippen LogP contribution in [0, 0.1) is 17.2 Å². The molecule has 1 heterocycles. The fourth-order valence-electron chi connectivity index (χ4n) is 2.87. The average Bonchev–Trinajstić information content (AvgIpc) is 3.07. The van der Waals surface area contributed by atoms with Gasteiger partial charge in [-0.1, -0.05) is 32.1 Å². The number of hydrogen-bond donors (Lipinski definition) is 2. The molecule has 0 unspecified atom stereocenters. The van der Waals surface area contributed by atoms with Crippen LogP contribution in [0.3, 0.4) is 0 Å². The van der Waals surface area contributed by atoms with Crippen LogP contribution < -0.4 is 10.6 Å². The number of hydrogen-bond acceptors (Lipinski definition) is 4. The smallest absolute Gasteiger partial charge is 0.252 e. The molecule has 1 aliphatic carbocycles. The Hall–Kier alpha value is -1.87. The highest BCUT2D eigenvalue weighted by atomic mass is 32.1. The Morgan fingerprint density at radius 3 is 2.77 bits per heavy atom. The molecule has 0 aliphatic heterocycles. The van der Waals surface area contributed by atoms with Crippen molar-refractivity contribution in [1.82, 2.24) is 10.6 Å². The highest BCUT2D eigenvalue weighted by molar-refractivity contribution is 7.08. The highest BCUT2D eigenvalue weighted by Crippen LogP contribution is 2.27. The second-order valence-corrected chi connectivity index (χ2v) is 6.43. The van der Waals surface area contributed by atoms with Gasteiger partial charge in [-0.15, -0.1) is 0 Å². The molecule has 2 amide bonds. The van der Waals surface area contributed by atoms with Crippen molar-refractivity contribution in [2.24, 2.45) is 5.92 Å². The fraction of sp³-hybridized carbons (Fsp3) is 0.562. The van der Waals surface area contributed by atoms with E-state index in [0.29, 0.717) is 17.9 Å². The lowest BCUT2D eigenvalue weighted by Crippen LogP contribution is -2.47. The quantitative estimate of drug-likeness (QED) is 0.790. The molecule has 1 aliphatic rings. The Labute approximate surface area is 134 Å². The van der Waals surface area contributed by atoms with Crippen LogP contribution in [-0.4, -0.2) is 24.4 Å². The molecule has 1 atom stereocenters. The third-order valence-corrected chi connectivity index (χ3v) is 4.72. The highest BCUT2D eigenvalue weighted by Gasteiger charge is 2.26. The summed E-state index contributed by atoms with van der Waals surface area (Å²) in [6, 6.07) is 3.07. The number of nitriles is 1. The van der Waals surface area contributed by atoms with Gasteiger partial charge in [0.1, 0.15) is 12.6 Å². The van der Waals surface area contributed by atoms with Crippen LogP contribution in [0.1, 0.15) is 48.9 Å². The summed E-state index contributed by atoms with van der Waals surface area (Å²) in [5, 5.41) is 17.6. The van der Waals surface area contributed by atoms with E-state index >= 15 is 0 Å². The van der Waals surface area contributed by atoms with Crippen LogP contribution >= 0.6 is 11.3 Å². The zero-order valence-corrected chi connectivity index (χ0v) is 13.3. The first-order valence-corrected chi connectivity index (χ1v) is 8.62. The molecule has 118 valence electrons. The molecule has 1 aromatic rings. The second-order valence-electron chi connectivity index (χ2n) is 5.65. The van der Waals surface area contributed by atoms with Crippen LogP contribution in [0.25, 0.3) is 0 Å². The summed E-state index contributed by atoms with van der Waals surface area (Å²) in [7, 11) is 0. The van der Waals surface area contributed by atoms with E-state index < -0.39 is 6.04 Å². The Balaban J connectivity index is 1.98. The Morgan fingerprint density at radius 1 is 1.36 bits per heavy atom. The molecule has 1 saturated carbocycles. The average molecular weight is 319 g/mol. The maximum atomic E-state index is 12.2. The summed E-state index contributed by atoms with van der Waals surface area (Å²) in [5.74, 6) is -0.0285. The topological polar surface area (TPSA) is 82.0 Å². The van der Waals surface area contributed by atoms with Crippen LogP contribution in [0.2, 0.25) is 0 Å². The Kier molecular flexibility index (Phi) is 6.41. The minimum Gasteiger partial charge on any atom is -0.341 e. The number of nitrogens with one attached hydrogen (secondary N) is 2. The van der Waals surface area contributed by atoms with E-state index in [-0.39, 0.29) is 18.4 Å². The zero-order valence-electron chi connectivity index (χ0n) is 12.5. The van der Waals surface area contributed by atoms with Gasteiger partial charge in [0.2, 0.25) is 5.91 Å². The summed E-state index contributed by atoms with van der Waals surface area (Å²) >= 11 is 1.45. The molecule has 0 radical (unpaired) electrons. The van der Waals surface area contributed by atoms with Gasteiger partial charge in [-0.05, 0) is 23.8 Å². The van der Waals surface area contributed by atoms with Crippen molar-refractivity contribution in [1.29, 1.82) is 5.26 Å². The number of carbonyl (C=O) groups is 2. The van der Waals surface area contributed by atoms with Crippen molar-refractivity contribution in [3.63, 3.8) is 0 Å². The van der Waals surface area contributed by atoms with Gasteiger partial charge in [0, 0.05) is 5.38 Å². The SMILES string of the molecule is N#CCNC(=O)[C@H](CC1CCCCC1)NC(=O)c1ccsc1. The molecular formula is C16H21N3O2S. The molecule has 0 aromatic carbocycles. The summed E-state index contributed by atoms with van der Waals surface area (Å²) < 4.78 is 0. The molecule has 0 saturated heterocycles. The van der Waals surface area contributed by atoms with Gasteiger partial charge < -0.3 is 10.6 Å². The number of thiophene rings is 1. The molecule has 2 N–H and O–H groups in total. The monoisotopic (exact) mass is 319 g/mol. The van der Waals surface area contributed by atoms with Crippen molar-refractivity contribution >= 4 is 23.2 Å². The summed E-state index contributed by atoms with van der Waals surface area (Å²) in [4.78, 5) is 24.4. The standard InChI is InChI=1S/C16H21N3O2S/c17-7-8-18-16(21)14(10-12-4-2-1-3-5-12)19-15(20)13-6-9-22-11-13/h6,9,11-12,14H,1-5,8,10H2,(H,18,21)(H,19,20)/t14-/m0/s1. The number of amides is 2. The molecule has 2 rings (SSSR count). The number of rotatable bonds is 6. The van der Waals surface area contributed by atoms with E-state index in [4.69, 9.17) is 5.26 Å². The minimum atomic E-state index is -0.566. The summed E-state index contributed by atoms with van der Waals surface area (Å²) in [6.45, 7) is -0.0334. The molecular weight excluding hydrogens is 298 g/mol. The lowest BCUT2D eigenvalue weighted by molar-refractivity contribution is -0.123. The molecule has 6 heteroatoms. The minimum absolute atomic E-state index is 0.0334. The number of nitrogens with zero attached hydrogens (tertiary/aromatic N) is 1. The third-order valence-electron chi connectivity index (χ3n) is 4.04. The first-order chi connectivity index (χ1) is 10.7. The molecule has 1 fully saturated rings. The van der Waals surface area contributed by atoms with Gasteiger partial charge in [-0.25, -0.2) is 0 Å². The van der Waals surface area contributed by atoms with Crippen LogP contribution in [0.15, 0.2) is 16.8 Å². The van der Waals surface area contributed by atoms with Crippen molar-refractivity contribution in [3.8, 4) is 6.07 Å². The van der Waals surface area contributed by atoms with E-state index in [1.165, 1.54) is 30.6 Å². The maximum absolute atomic E-state index is 12.2. The predicted octanol–water partition coefficient (Wildman–Crippen LogP) is 2.46. The van der Waals surface area contributed by atoms with Crippen LogP contribution in [-0.2, 0) is 4.79 Å². The lowest BCUT2D eigenvalue weighted by Gasteiger charge is -2.26. The molecule has 22 heavy (non-hydrogen) atoms. The van der Waals surface area contributed by atoms with Crippen molar-refractivity contribution in [3.05, 3.63) is 22.4 Å². The first kappa shape index (κ1) is 16.5. The largest absolute Gasteiger partial charge is 0.341 e. The van der Waals surface area contributed by atoms with Gasteiger partial charge in [0.05, 0.1) is 11.6 Å². The predicted molar refractivity (Wildman–Crippen MR) is 85.4 cm³/mol. The molecule has 0 bridgehead atoms. The Bertz CT molecular complexity index is 530. The summed E-state index contributed by atoms with van der Waals surface area (Å²) in [5.41, 5.74) is 0.576. The van der Waals surface area contributed by atoms with Gasteiger partial charge in [0.25, 0.3) is 5.91 Å². The van der Waals surface area contributed by atoms with E-state index in [9.17, 15) is 9.59 Å².